The molecule has 1 aromatic carbocycles. The Morgan fingerprint density at radius 3 is 1.62 bits per heavy atom. The van der Waals surface area contributed by atoms with Gasteiger partial charge < -0.3 is 0 Å². The standard InChI is InChI=1S/C12H18.HO3P/c1-5-11-7-9(3)8-12(6-2)10(11)4;1-4(2)3/h7-8H,5-6H2,1-4H3;(H-,1,2,3)/p+1. The van der Waals surface area contributed by atoms with Crippen molar-refractivity contribution < 1.29 is 14.4 Å². The third-order valence-electron chi connectivity index (χ3n) is 2.53. The highest BCUT2D eigenvalue weighted by molar-refractivity contribution is 7.30. The van der Waals surface area contributed by atoms with Crippen LogP contribution in [0.5, 0.6) is 0 Å². The Balaban J connectivity index is 0.000000487. The molecule has 0 aliphatic heterocycles. The Kier molecular flexibility index (Phi) is 7.15. The first kappa shape index (κ1) is 15.2. The molecule has 0 aromatic heterocycles. The van der Waals surface area contributed by atoms with Crippen molar-refractivity contribution in [3.8, 4) is 0 Å². The van der Waals surface area contributed by atoms with Crippen LogP contribution in [0.25, 0.3) is 0 Å². The van der Waals surface area contributed by atoms with E-state index in [2.05, 4.69) is 39.8 Å². The van der Waals surface area contributed by atoms with Gasteiger partial charge in [0, 0.05) is 4.57 Å². The molecular weight excluding hydrogens is 223 g/mol. The van der Waals surface area contributed by atoms with Gasteiger partial charge in [0.15, 0.2) is 0 Å². The van der Waals surface area contributed by atoms with Crippen LogP contribution in [0.4, 0.5) is 0 Å². The minimum atomic E-state index is -2.87. The van der Waals surface area contributed by atoms with Crippen LogP contribution in [0.1, 0.15) is 36.1 Å². The minimum Gasteiger partial charge on any atom is -0.134 e. The smallest absolute Gasteiger partial charge is 0.134 e. The van der Waals surface area contributed by atoms with Crippen molar-refractivity contribution in [2.24, 2.45) is 0 Å². The summed E-state index contributed by atoms with van der Waals surface area (Å²) in [5, 5.41) is 0. The molecule has 1 rings (SSSR count). The predicted molar refractivity (Wildman–Crippen MR) is 66.7 cm³/mol. The average molecular weight is 243 g/mol. The van der Waals surface area contributed by atoms with E-state index in [4.69, 9.17) is 14.4 Å². The number of benzene rings is 1. The zero-order valence-corrected chi connectivity index (χ0v) is 11.2. The lowest BCUT2D eigenvalue weighted by Crippen LogP contribution is -1.94. The maximum Gasteiger partial charge on any atom is 0.692 e. The van der Waals surface area contributed by atoms with E-state index in [1.165, 1.54) is 22.3 Å². The molecule has 0 heterocycles. The molecule has 3 nitrogen and oxygen atoms in total. The van der Waals surface area contributed by atoms with Gasteiger partial charge in [-0.3, -0.25) is 0 Å². The molecule has 90 valence electrons. The van der Waals surface area contributed by atoms with Crippen LogP contribution in [0.15, 0.2) is 12.1 Å². The van der Waals surface area contributed by atoms with E-state index in [0.29, 0.717) is 0 Å². The average Bonchev–Trinajstić information content (AvgIpc) is 2.20. The molecule has 16 heavy (non-hydrogen) atoms. The van der Waals surface area contributed by atoms with Gasteiger partial charge in [-0.15, -0.1) is 9.79 Å². The van der Waals surface area contributed by atoms with Crippen molar-refractivity contribution in [3.63, 3.8) is 0 Å². The van der Waals surface area contributed by atoms with E-state index in [1.54, 1.807) is 0 Å². The van der Waals surface area contributed by atoms with Gasteiger partial charge in [-0.2, -0.15) is 0 Å². The van der Waals surface area contributed by atoms with E-state index in [-0.39, 0.29) is 0 Å². The highest BCUT2D eigenvalue weighted by Gasteiger charge is 2.01. The van der Waals surface area contributed by atoms with Crippen LogP contribution >= 0.6 is 8.25 Å². The Morgan fingerprint density at radius 1 is 1.06 bits per heavy atom. The highest BCUT2D eigenvalue weighted by Crippen LogP contribution is 2.17. The number of rotatable bonds is 2. The first-order valence-electron chi connectivity index (χ1n) is 5.36. The van der Waals surface area contributed by atoms with Crippen LogP contribution in [0, 0.1) is 13.8 Å². The van der Waals surface area contributed by atoms with Crippen LogP contribution in [-0.4, -0.2) is 9.79 Å². The molecule has 0 bridgehead atoms. The normalized spacial score (nSPS) is 9.38. The number of aryl methyl sites for hydroxylation is 3. The van der Waals surface area contributed by atoms with Gasteiger partial charge in [0.05, 0.1) is 0 Å². The molecule has 1 aromatic rings. The molecule has 0 atom stereocenters. The minimum absolute atomic E-state index is 1.15. The third-order valence-corrected chi connectivity index (χ3v) is 2.53. The zero-order chi connectivity index (χ0) is 12.7. The Bertz CT molecular complexity index is 332. The second-order valence-electron chi connectivity index (χ2n) is 3.67. The van der Waals surface area contributed by atoms with Gasteiger partial charge in [-0.1, -0.05) is 31.5 Å². The topological polar surface area (TPSA) is 57.5 Å². The van der Waals surface area contributed by atoms with Gasteiger partial charge >= 0.3 is 8.25 Å². The summed E-state index contributed by atoms with van der Waals surface area (Å²) in [7, 11) is -2.87. The number of hydrogen-bond donors (Lipinski definition) is 2. The van der Waals surface area contributed by atoms with Crippen molar-refractivity contribution in [2.75, 3.05) is 0 Å². The summed E-state index contributed by atoms with van der Waals surface area (Å²) in [5.74, 6) is 0. The van der Waals surface area contributed by atoms with Gasteiger partial charge in [-0.25, -0.2) is 0 Å². The van der Waals surface area contributed by atoms with E-state index >= 15 is 0 Å². The molecule has 0 saturated carbocycles. The SMILES string of the molecule is CCc1cc(C)cc(CC)c1C.O=[P+](O)O. The summed E-state index contributed by atoms with van der Waals surface area (Å²) in [4.78, 5) is 14.2. The lowest BCUT2D eigenvalue weighted by Gasteiger charge is -2.09. The quantitative estimate of drug-likeness (QED) is 0.785. The Morgan fingerprint density at radius 2 is 1.38 bits per heavy atom. The first-order valence-corrected chi connectivity index (χ1v) is 6.52. The summed E-state index contributed by atoms with van der Waals surface area (Å²) in [6.45, 7) is 8.86. The second-order valence-corrected chi connectivity index (χ2v) is 4.17. The predicted octanol–water partition coefficient (Wildman–Crippen LogP) is 3.06. The van der Waals surface area contributed by atoms with Gasteiger partial charge in [-0.05, 0) is 43.4 Å². The molecule has 0 aliphatic carbocycles. The highest BCUT2D eigenvalue weighted by atomic mass is 31.1. The fourth-order valence-corrected chi connectivity index (χ4v) is 1.75. The summed E-state index contributed by atoms with van der Waals surface area (Å²) in [5.41, 5.74) is 5.90. The molecule has 4 heteroatoms. The molecule has 0 saturated heterocycles. The molecule has 0 spiro atoms. The summed E-state index contributed by atoms with van der Waals surface area (Å²) >= 11 is 0. The molecule has 0 fully saturated rings. The maximum absolute atomic E-state index is 8.70. The second kappa shape index (κ2) is 7.50. The van der Waals surface area contributed by atoms with Crippen molar-refractivity contribution in [1.82, 2.24) is 0 Å². The zero-order valence-electron chi connectivity index (χ0n) is 10.3. The molecule has 0 radical (unpaired) electrons. The summed E-state index contributed by atoms with van der Waals surface area (Å²) < 4.78 is 8.70. The van der Waals surface area contributed by atoms with Crippen LogP contribution < -0.4 is 0 Å². The van der Waals surface area contributed by atoms with E-state index in [0.717, 1.165) is 12.8 Å². The fourth-order valence-electron chi connectivity index (χ4n) is 1.75. The Hall–Kier alpha value is -0.760. The molecular formula is C12H20O3P+. The lowest BCUT2D eigenvalue weighted by molar-refractivity contribution is 0.405. The van der Waals surface area contributed by atoms with Gasteiger partial charge in [0.25, 0.3) is 0 Å². The summed E-state index contributed by atoms with van der Waals surface area (Å²) in [6.07, 6.45) is 2.31. The summed E-state index contributed by atoms with van der Waals surface area (Å²) in [6, 6.07) is 4.60. The van der Waals surface area contributed by atoms with Crippen molar-refractivity contribution in [3.05, 3.63) is 34.4 Å². The first-order chi connectivity index (χ1) is 7.42. The molecule has 0 unspecified atom stereocenters. The number of hydrogen-bond acceptors (Lipinski definition) is 1. The molecule has 0 aliphatic rings. The van der Waals surface area contributed by atoms with E-state index < -0.39 is 8.25 Å². The third kappa shape index (κ3) is 5.36. The van der Waals surface area contributed by atoms with Gasteiger partial charge in [0.1, 0.15) is 0 Å². The van der Waals surface area contributed by atoms with Crippen molar-refractivity contribution in [2.45, 2.75) is 40.5 Å². The maximum atomic E-state index is 8.70. The van der Waals surface area contributed by atoms with E-state index in [9.17, 15) is 0 Å². The largest absolute Gasteiger partial charge is 0.692 e. The van der Waals surface area contributed by atoms with Crippen LogP contribution in [-0.2, 0) is 17.4 Å². The van der Waals surface area contributed by atoms with Crippen molar-refractivity contribution >= 4 is 8.25 Å². The lowest BCUT2D eigenvalue weighted by atomic mass is 9.96. The van der Waals surface area contributed by atoms with Crippen molar-refractivity contribution in [1.29, 1.82) is 0 Å². The fraction of sp³-hybridized carbons (Fsp3) is 0.500. The monoisotopic (exact) mass is 243 g/mol. The van der Waals surface area contributed by atoms with Crippen LogP contribution in [0.2, 0.25) is 0 Å². The van der Waals surface area contributed by atoms with E-state index in [1.807, 2.05) is 0 Å². The molecule has 0 amide bonds. The Labute approximate surface area is 98.1 Å². The van der Waals surface area contributed by atoms with Gasteiger partial charge in [0.2, 0.25) is 0 Å². The molecule has 2 N–H and O–H groups in total. The van der Waals surface area contributed by atoms with Crippen LogP contribution in [0.3, 0.4) is 0 Å².